The molecule has 1 aromatic carbocycles. The Balaban J connectivity index is 2.03. The maximum absolute atomic E-state index is 12.3. The van der Waals surface area contributed by atoms with Gasteiger partial charge in [0, 0.05) is 0 Å². The zero-order valence-corrected chi connectivity index (χ0v) is 13.0. The van der Waals surface area contributed by atoms with E-state index in [1.807, 2.05) is 45.0 Å². The van der Waals surface area contributed by atoms with Crippen LogP contribution in [-0.4, -0.2) is 18.7 Å². The topological polar surface area (TPSA) is 63.8 Å². The largest absolute Gasteiger partial charge is 0.494 e. The fourth-order valence-electron chi connectivity index (χ4n) is 1.92. The molecule has 0 aliphatic heterocycles. The summed E-state index contributed by atoms with van der Waals surface area (Å²) in [5.41, 5.74) is 2.73. The summed E-state index contributed by atoms with van der Waals surface area (Å²) in [5, 5.41) is 3.91. The summed E-state index contributed by atoms with van der Waals surface area (Å²) in [5.74, 6) is 1.18. The molecule has 116 valence electrons. The highest BCUT2D eigenvalue weighted by atomic mass is 16.5. The fraction of sp³-hybridized carbons (Fsp3) is 0.294. The number of carbonyl (C=O) groups excluding carboxylic acids is 1. The second-order valence-corrected chi connectivity index (χ2v) is 5.30. The van der Waals surface area contributed by atoms with Crippen LogP contribution in [0.4, 0.5) is 0 Å². The lowest BCUT2D eigenvalue weighted by atomic mass is 9.84. The van der Waals surface area contributed by atoms with E-state index in [0.717, 1.165) is 11.3 Å². The Hall–Kier alpha value is -2.56. The van der Waals surface area contributed by atoms with E-state index in [4.69, 9.17) is 9.15 Å². The summed E-state index contributed by atoms with van der Waals surface area (Å²) in [4.78, 5) is 12.3. The number of carbonyl (C=O) groups is 1. The maximum atomic E-state index is 12.3. The number of hydrogen-bond donors (Lipinski definition) is 1. The molecule has 5 nitrogen and oxygen atoms in total. The van der Waals surface area contributed by atoms with Crippen LogP contribution in [0.3, 0.4) is 0 Å². The Morgan fingerprint density at radius 3 is 2.64 bits per heavy atom. The van der Waals surface area contributed by atoms with Gasteiger partial charge in [0.05, 0.1) is 24.5 Å². The molecule has 1 amide bonds. The Labute approximate surface area is 130 Å². The lowest BCUT2D eigenvalue weighted by molar-refractivity contribution is -0.125. The third kappa shape index (κ3) is 3.75. The first-order chi connectivity index (χ1) is 10.5. The van der Waals surface area contributed by atoms with Crippen LogP contribution < -0.4 is 10.2 Å². The van der Waals surface area contributed by atoms with Crippen LogP contribution in [0.5, 0.6) is 5.75 Å². The number of hydrazone groups is 1. The van der Waals surface area contributed by atoms with Crippen LogP contribution in [-0.2, 0) is 10.2 Å². The SMILES string of the molecule is CCOc1ccc(C(C)(C)C(=O)N/N=C/c2ccco2)cc1. The maximum Gasteiger partial charge on any atom is 0.250 e. The smallest absolute Gasteiger partial charge is 0.250 e. The number of hydrogen-bond acceptors (Lipinski definition) is 4. The number of ether oxygens (including phenoxy) is 1. The highest BCUT2D eigenvalue weighted by Gasteiger charge is 2.29. The number of rotatable bonds is 6. The molecule has 0 saturated carbocycles. The van der Waals surface area contributed by atoms with Gasteiger partial charge in [-0.25, -0.2) is 5.43 Å². The molecule has 22 heavy (non-hydrogen) atoms. The van der Waals surface area contributed by atoms with Gasteiger partial charge < -0.3 is 9.15 Å². The van der Waals surface area contributed by atoms with Crippen LogP contribution in [0.25, 0.3) is 0 Å². The van der Waals surface area contributed by atoms with Crippen molar-refractivity contribution >= 4 is 12.1 Å². The van der Waals surface area contributed by atoms with Crippen LogP contribution in [0.15, 0.2) is 52.2 Å². The van der Waals surface area contributed by atoms with E-state index in [9.17, 15) is 4.79 Å². The molecule has 0 saturated heterocycles. The first-order valence-electron chi connectivity index (χ1n) is 7.14. The van der Waals surface area contributed by atoms with Gasteiger partial charge in [-0.1, -0.05) is 12.1 Å². The van der Waals surface area contributed by atoms with Crippen molar-refractivity contribution in [2.75, 3.05) is 6.61 Å². The minimum atomic E-state index is -0.703. The van der Waals surface area contributed by atoms with Crippen molar-refractivity contribution < 1.29 is 13.9 Å². The predicted octanol–water partition coefficient (Wildman–Crippen LogP) is 3.11. The summed E-state index contributed by atoms with van der Waals surface area (Å²) in [6.07, 6.45) is 3.01. The zero-order chi connectivity index (χ0) is 16.0. The average molecular weight is 300 g/mol. The fourth-order valence-corrected chi connectivity index (χ4v) is 1.92. The summed E-state index contributed by atoms with van der Waals surface area (Å²) in [7, 11) is 0. The Kier molecular flexibility index (Phi) is 4.99. The summed E-state index contributed by atoms with van der Waals surface area (Å²) < 4.78 is 10.5. The van der Waals surface area contributed by atoms with E-state index in [0.29, 0.717) is 12.4 Å². The molecule has 1 aromatic heterocycles. The quantitative estimate of drug-likeness (QED) is 0.658. The van der Waals surface area contributed by atoms with Gasteiger partial charge in [0.25, 0.3) is 0 Å². The average Bonchev–Trinajstić information content (AvgIpc) is 3.01. The third-order valence-corrected chi connectivity index (χ3v) is 3.36. The van der Waals surface area contributed by atoms with Crippen LogP contribution >= 0.6 is 0 Å². The summed E-state index contributed by atoms with van der Waals surface area (Å²) in [6, 6.07) is 11.0. The molecule has 5 heteroatoms. The minimum absolute atomic E-state index is 0.195. The molecule has 0 unspecified atom stereocenters. The Morgan fingerprint density at radius 2 is 2.05 bits per heavy atom. The third-order valence-electron chi connectivity index (χ3n) is 3.36. The van der Waals surface area contributed by atoms with Crippen molar-refractivity contribution in [1.29, 1.82) is 0 Å². The number of furan rings is 1. The molecule has 0 bridgehead atoms. The normalized spacial score (nSPS) is 11.6. The van der Waals surface area contributed by atoms with E-state index < -0.39 is 5.41 Å². The molecule has 0 atom stereocenters. The second-order valence-electron chi connectivity index (χ2n) is 5.30. The highest BCUT2D eigenvalue weighted by molar-refractivity contribution is 5.88. The van der Waals surface area contributed by atoms with E-state index in [1.165, 1.54) is 6.21 Å². The minimum Gasteiger partial charge on any atom is -0.494 e. The molecule has 0 radical (unpaired) electrons. The van der Waals surface area contributed by atoms with Crippen molar-refractivity contribution in [3.63, 3.8) is 0 Å². The molecule has 0 spiro atoms. The molecule has 2 aromatic rings. The van der Waals surface area contributed by atoms with Gasteiger partial charge in [0.1, 0.15) is 11.5 Å². The molecule has 0 aliphatic carbocycles. The van der Waals surface area contributed by atoms with E-state index >= 15 is 0 Å². The molecule has 1 N–H and O–H groups in total. The van der Waals surface area contributed by atoms with Gasteiger partial charge in [0.2, 0.25) is 5.91 Å². The number of benzene rings is 1. The molecular weight excluding hydrogens is 280 g/mol. The van der Waals surface area contributed by atoms with Crippen molar-refractivity contribution in [2.24, 2.45) is 5.10 Å². The summed E-state index contributed by atoms with van der Waals surface area (Å²) in [6.45, 7) is 6.24. The van der Waals surface area contributed by atoms with Gasteiger partial charge in [-0.2, -0.15) is 5.10 Å². The van der Waals surface area contributed by atoms with E-state index in [2.05, 4.69) is 10.5 Å². The molecule has 1 heterocycles. The molecule has 0 aliphatic rings. The molecule has 2 rings (SSSR count). The van der Waals surface area contributed by atoms with Crippen LogP contribution in [0.2, 0.25) is 0 Å². The first-order valence-corrected chi connectivity index (χ1v) is 7.14. The second kappa shape index (κ2) is 6.93. The highest BCUT2D eigenvalue weighted by Crippen LogP contribution is 2.25. The monoisotopic (exact) mass is 300 g/mol. The lowest BCUT2D eigenvalue weighted by Crippen LogP contribution is -2.37. The van der Waals surface area contributed by atoms with Gasteiger partial charge >= 0.3 is 0 Å². The standard InChI is InChI=1S/C17H20N2O3/c1-4-21-14-9-7-13(8-10-14)17(2,3)16(20)19-18-12-15-6-5-11-22-15/h5-12H,4H2,1-3H3,(H,19,20)/b18-12+. The van der Waals surface area contributed by atoms with Crippen molar-refractivity contribution in [3.8, 4) is 5.75 Å². The number of nitrogens with one attached hydrogen (secondary N) is 1. The Bertz CT molecular complexity index is 628. The van der Waals surface area contributed by atoms with Crippen molar-refractivity contribution in [2.45, 2.75) is 26.2 Å². The van der Waals surface area contributed by atoms with E-state index in [-0.39, 0.29) is 5.91 Å². The van der Waals surface area contributed by atoms with Gasteiger partial charge in [-0.05, 0) is 50.6 Å². The molecule has 0 fully saturated rings. The van der Waals surface area contributed by atoms with Crippen LogP contribution in [0, 0.1) is 0 Å². The predicted molar refractivity (Wildman–Crippen MR) is 85.1 cm³/mol. The van der Waals surface area contributed by atoms with Crippen molar-refractivity contribution in [3.05, 3.63) is 54.0 Å². The lowest BCUT2D eigenvalue weighted by Gasteiger charge is -2.22. The van der Waals surface area contributed by atoms with Gasteiger partial charge in [0.15, 0.2) is 0 Å². The van der Waals surface area contributed by atoms with Crippen molar-refractivity contribution in [1.82, 2.24) is 5.43 Å². The molecular formula is C17H20N2O3. The van der Waals surface area contributed by atoms with Gasteiger partial charge in [-0.3, -0.25) is 4.79 Å². The number of nitrogens with zero attached hydrogens (tertiary/aromatic N) is 1. The summed E-state index contributed by atoms with van der Waals surface area (Å²) >= 11 is 0. The zero-order valence-electron chi connectivity index (χ0n) is 13.0. The Morgan fingerprint density at radius 1 is 1.32 bits per heavy atom. The first kappa shape index (κ1) is 15.8. The van der Waals surface area contributed by atoms with Crippen LogP contribution in [0.1, 0.15) is 32.1 Å². The van der Waals surface area contributed by atoms with Gasteiger partial charge in [-0.15, -0.1) is 0 Å². The number of amides is 1. The van der Waals surface area contributed by atoms with E-state index in [1.54, 1.807) is 18.4 Å².